The van der Waals surface area contributed by atoms with Crippen molar-refractivity contribution in [2.24, 2.45) is 0 Å². The Balaban J connectivity index is 1.31. The highest BCUT2D eigenvalue weighted by Gasteiger charge is 2.12. The number of amides is 1. The summed E-state index contributed by atoms with van der Waals surface area (Å²) >= 11 is 0. The minimum Gasteiger partial charge on any atom is -0.352 e. The third-order valence-corrected chi connectivity index (χ3v) is 6.03. The standard InChI is InChI=1S/C29H27N3O/c1-21-8-6-11-25(18-21)29(33)30-17-7-14-28-31-26-12-4-5-13-27(26)32(28)20-22-15-16-23-9-2-3-10-24(23)19-22/h2-6,8-13,15-16,18-19H,7,14,17,20H2,1H3,(H,30,33). The van der Waals surface area contributed by atoms with Crippen LogP contribution < -0.4 is 5.32 Å². The Morgan fingerprint density at radius 2 is 1.70 bits per heavy atom. The van der Waals surface area contributed by atoms with Gasteiger partial charge in [0.25, 0.3) is 5.91 Å². The minimum absolute atomic E-state index is 0.0247. The van der Waals surface area contributed by atoms with Gasteiger partial charge in [-0.15, -0.1) is 0 Å². The molecule has 0 radical (unpaired) electrons. The van der Waals surface area contributed by atoms with Gasteiger partial charge in [-0.05, 0) is 60.0 Å². The van der Waals surface area contributed by atoms with E-state index in [4.69, 9.17) is 4.98 Å². The van der Waals surface area contributed by atoms with E-state index in [0.717, 1.165) is 41.8 Å². The molecule has 5 aromatic rings. The molecule has 0 fully saturated rings. The first-order valence-electron chi connectivity index (χ1n) is 11.4. The van der Waals surface area contributed by atoms with Crippen molar-refractivity contribution in [2.45, 2.75) is 26.3 Å². The molecule has 1 amide bonds. The first kappa shape index (κ1) is 21.0. The van der Waals surface area contributed by atoms with Gasteiger partial charge in [-0.1, -0.05) is 66.2 Å². The second kappa shape index (κ2) is 9.29. The number of benzene rings is 4. The minimum atomic E-state index is -0.0247. The molecule has 1 aromatic heterocycles. The molecule has 0 saturated heterocycles. The number of aryl methyl sites for hydroxylation is 2. The van der Waals surface area contributed by atoms with Crippen LogP contribution in [0.3, 0.4) is 0 Å². The number of carbonyl (C=O) groups is 1. The maximum Gasteiger partial charge on any atom is 0.251 e. The lowest BCUT2D eigenvalue weighted by Gasteiger charge is -2.11. The topological polar surface area (TPSA) is 46.9 Å². The number of imidazole rings is 1. The quantitative estimate of drug-likeness (QED) is 0.324. The summed E-state index contributed by atoms with van der Waals surface area (Å²) in [5.41, 5.74) is 5.20. The zero-order chi connectivity index (χ0) is 22.6. The molecule has 4 nitrogen and oxygen atoms in total. The highest BCUT2D eigenvalue weighted by molar-refractivity contribution is 5.94. The zero-order valence-electron chi connectivity index (χ0n) is 18.8. The van der Waals surface area contributed by atoms with Gasteiger partial charge in [0.2, 0.25) is 0 Å². The smallest absolute Gasteiger partial charge is 0.251 e. The lowest BCUT2D eigenvalue weighted by atomic mass is 10.1. The molecular formula is C29H27N3O. The monoisotopic (exact) mass is 433 g/mol. The molecule has 4 aromatic carbocycles. The van der Waals surface area contributed by atoms with Crippen LogP contribution in [0, 0.1) is 6.92 Å². The van der Waals surface area contributed by atoms with Crippen molar-refractivity contribution < 1.29 is 4.79 Å². The van der Waals surface area contributed by atoms with Gasteiger partial charge in [0.05, 0.1) is 11.0 Å². The van der Waals surface area contributed by atoms with Crippen LogP contribution in [-0.2, 0) is 13.0 Å². The van der Waals surface area contributed by atoms with E-state index in [1.165, 1.54) is 16.3 Å². The van der Waals surface area contributed by atoms with Gasteiger partial charge in [-0.2, -0.15) is 0 Å². The number of nitrogens with one attached hydrogen (secondary N) is 1. The van der Waals surface area contributed by atoms with E-state index in [0.29, 0.717) is 12.1 Å². The summed E-state index contributed by atoms with van der Waals surface area (Å²) in [5, 5.41) is 5.54. The molecule has 0 unspecified atom stereocenters. The molecule has 1 heterocycles. The van der Waals surface area contributed by atoms with E-state index in [-0.39, 0.29) is 5.91 Å². The lowest BCUT2D eigenvalue weighted by molar-refractivity contribution is 0.0953. The van der Waals surface area contributed by atoms with Crippen LogP contribution in [-0.4, -0.2) is 22.0 Å². The summed E-state index contributed by atoms with van der Waals surface area (Å²) in [6, 6.07) is 31.1. The molecule has 0 aliphatic rings. The summed E-state index contributed by atoms with van der Waals surface area (Å²) in [5.74, 6) is 1.03. The Labute approximate surface area is 193 Å². The van der Waals surface area contributed by atoms with E-state index in [9.17, 15) is 4.79 Å². The molecule has 0 aliphatic carbocycles. The van der Waals surface area contributed by atoms with Crippen LogP contribution in [0.5, 0.6) is 0 Å². The van der Waals surface area contributed by atoms with E-state index in [2.05, 4.69) is 70.5 Å². The molecule has 0 bridgehead atoms. The number of hydrogen-bond acceptors (Lipinski definition) is 2. The Kier molecular flexibility index (Phi) is 5.90. The van der Waals surface area contributed by atoms with Crippen molar-refractivity contribution in [3.8, 4) is 0 Å². The SMILES string of the molecule is Cc1cccc(C(=O)NCCCc2nc3ccccc3n2Cc2ccc3ccccc3c2)c1. The largest absolute Gasteiger partial charge is 0.352 e. The summed E-state index contributed by atoms with van der Waals surface area (Å²) in [4.78, 5) is 17.3. The number of aromatic nitrogens is 2. The number of fused-ring (bicyclic) bond motifs is 2. The molecule has 4 heteroatoms. The molecular weight excluding hydrogens is 406 g/mol. The summed E-state index contributed by atoms with van der Waals surface area (Å²) in [7, 11) is 0. The predicted octanol–water partition coefficient (Wildman–Crippen LogP) is 5.91. The highest BCUT2D eigenvalue weighted by Crippen LogP contribution is 2.21. The third-order valence-electron chi connectivity index (χ3n) is 6.03. The number of hydrogen-bond donors (Lipinski definition) is 1. The summed E-state index contributed by atoms with van der Waals surface area (Å²) in [6.45, 7) is 3.39. The van der Waals surface area contributed by atoms with E-state index in [1.807, 2.05) is 37.3 Å². The van der Waals surface area contributed by atoms with Crippen LogP contribution in [0.25, 0.3) is 21.8 Å². The van der Waals surface area contributed by atoms with Gasteiger partial charge >= 0.3 is 0 Å². The number of rotatable bonds is 7. The average Bonchev–Trinajstić information content (AvgIpc) is 3.19. The van der Waals surface area contributed by atoms with E-state index < -0.39 is 0 Å². The first-order valence-corrected chi connectivity index (χ1v) is 11.4. The molecule has 164 valence electrons. The molecule has 0 spiro atoms. The van der Waals surface area contributed by atoms with Crippen LogP contribution in [0.15, 0.2) is 91.0 Å². The van der Waals surface area contributed by atoms with Crippen LogP contribution >= 0.6 is 0 Å². The molecule has 5 rings (SSSR count). The van der Waals surface area contributed by atoms with Crippen LogP contribution in [0.4, 0.5) is 0 Å². The zero-order valence-corrected chi connectivity index (χ0v) is 18.8. The van der Waals surface area contributed by atoms with Gasteiger partial charge in [-0.25, -0.2) is 4.98 Å². The van der Waals surface area contributed by atoms with Crippen molar-refractivity contribution in [3.63, 3.8) is 0 Å². The molecule has 0 atom stereocenters. The highest BCUT2D eigenvalue weighted by atomic mass is 16.1. The Hall–Kier alpha value is -3.92. The van der Waals surface area contributed by atoms with E-state index in [1.54, 1.807) is 0 Å². The van der Waals surface area contributed by atoms with Gasteiger partial charge < -0.3 is 9.88 Å². The average molecular weight is 434 g/mol. The maximum absolute atomic E-state index is 12.4. The predicted molar refractivity (Wildman–Crippen MR) is 135 cm³/mol. The number of para-hydroxylation sites is 2. The van der Waals surface area contributed by atoms with Gasteiger partial charge in [0.1, 0.15) is 5.82 Å². The van der Waals surface area contributed by atoms with Crippen LogP contribution in [0.1, 0.15) is 33.7 Å². The Morgan fingerprint density at radius 1 is 0.879 bits per heavy atom. The second-order valence-corrected chi connectivity index (χ2v) is 8.51. The van der Waals surface area contributed by atoms with Crippen LogP contribution in [0.2, 0.25) is 0 Å². The number of nitrogens with zero attached hydrogens (tertiary/aromatic N) is 2. The molecule has 0 saturated carbocycles. The third kappa shape index (κ3) is 4.65. The van der Waals surface area contributed by atoms with Crippen molar-refractivity contribution in [2.75, 3.05) is 6.54 Å². The second-order valence-electron chi connectivity index (χ2n) is 8.51. The van der Waals surface area contributed by atoms with Crippen molar-refractivity contribution >= 4 is 27.7 Å². The fourth-order valence-corrected chi connectivity index (χ4v) is 4.35. The van der Waals surface area contributed by atoms with Gasteiger partial charge in [0, 0.05) is 25.1 Å². The Bertz CT molecular complexity index is 1430. The summed E-state index contributed by atoms with van der Waals surface area (Å²) < 4.78 is 2.31. The number of carbonyl (C=O) groups excluding carboxylic acids is 1. The first-order chi connectivity index (χ1) is 16.2. The van der Waals surface area contributed by atoms with Crippen molar-refractivity contribution in [3.05, 3.63) is 114 Å². The van der Waals surface area contributed by atoms with Gasteiger partial charge in [0.15, 0.2) is 0 Å². The molecule has 0 aliphatic heterocycles. The van der Waals surface area contributed by atoms with Crippen molar-refractivity contribution in [1.82, 2.24) is 14.9 Å². The van der Waals surface area contributed by atoms with Gasteiger partial charge in [-0.3, -0.25) is 4.79 Å². The molecule has 33 heavy (non-hydrogen) atoms. The fourth-order valence-electron chi connectivity index (χ4n) is 4.35. The molecule has 1 N–H and O–H groups in total. The normalized spacial score (nSPS) is 11.2. The summed E-state index contributed by atoms with van der Waals surface area (Å²) in [6.07, 6.45) is 1.63. The lowest BCUT2D eigenvalue weighted by Crippen LogP contribution is -2.25. The van der Waals surface area contributed by atoms with Crippen molar-refractivity contribution in [1.29, 1.82) is 0 Å². The van der Waals surface area contributed by atoms with E-state index >= 15 is 0 Å². The fraction of sp³-hybridized carbons (Fsp3) is 0.172. The maximum atomic E-state index is 12.4. The Morgan fingerprint density at radius 3 is 2.58 bits per heavy atom.